The topological polar surface area (TPSA) is 0 Å². The monoisotopic (exact) mass is 194 g/mol. The molecule has 64 valence electrons. The van der Waals surface area contributed by atoms with Crippen LogP contribution in [0, 0.1) is 0 Å². The molecule has 0 rings (SSSR count). The second kappa shape index (κ2) is 4.15. The zero-order chi connectivity index (χ0) is 9.07. The van der Waals surface area contributed by atoms with Gasteiger partial charge in [-0.25, -0.2) is 0 Å². The standard InChI is InChI=1S/C8H14Cl2N/c1-7(9)5-11(3,4)6-8(2)10/h1-2,5-6H2,3-4H3/q+1. The molecule has 0 heterocycles. The van der Waals surface area contributed by atoms with Crippen molar-refractivity contribution < 1.29 is 4.48 Å². The lowest BCUT2D eigenvalue weighted by Gasteiger charge is -2.28. The molecule has 0 aliphatic carbocycles. The number of halogens is 2. The van der Waals surface area contributed by atoms with Crippen molar-refractivity contribution >= 4 is 23.2 Å². The molecule has 0 saturated heterocycles. The first-order valence-electron chi connectivity index (χ1n) is 3.32. The fourth-order valence-electron chi connectivity index (χ4n) is 0.985. The smallest absolute Gasteiger partial charge is 0.114 e. The third kappa shape index (κ3) is 6.42. The molecule has 0 aliphatic heterocycles. The van der Waals surface area contributed by atoms with Gasteiger partial charge in [0.05, 0.1) is 24.2 Å². The molecule has 1 nitrogen and oxygen atoms in total. The van der Waals surface area contributed by atoms with Crippen molar-refractivity contribution in [2.24, 2.45) is 0 Å². The van der Waals surface area contributed by atoms with Crippen LogP contribution >= 0.6 is 23.2 Å². The van der Waals surface area contributed by atoms with E-state index in [0.29, 0.717) is 27.6 Å². The molecule has 0 fully saturated rings. The first-order chi connectivity index (χ1) is 4.83. The molecule has 0 bridgehead atoms. The lowest BCUT2D eigenvalue weighted by Crippen LogP contribution is -2.41. The fraction of sp³-hybridized carbons (Fsp3) is 0.500. The van der Waals surface area contributed by atoms with Gasteiger partial charge in [0.2, 0.25) is 0 Å². The molecule has 0 aromatic rings. The number of likely N-dealkylation sites (N-methyl/N-ethyl adjacent to an activating group) is 1. The summed E-state index contributed by atoms with van der Waals surface area (Å²) in [7, 11) is 4.06. The Morgan fingerprint density at radius 1 is 1.09 bits per heavy atom. The van der Waals surface area contributed by atoms with Gasteiger partial charge in [-0.15, -0.1) is 0 Å². The molecule has 0 unspecified atom stereocenters. The molecule has 11 heavy (non-hydrogen) atoms. The number of nitrogens with zero attached hydrogens (tertiary/aromatic N) is 1. The largest absolute Gasteiger partial charge is 0.320 e. The summed E-state index contributed by atoms with van der Waals surface area (Å²) in [6.45, 7) is 8.68. The minimum absolute atomic E-state index is 0.646. The van der Waals surface area contributed by atoms with Gasteiger partial charge in [0.1, 0.15) is 13.1 Å². The first-order valence-corrected chi connectivity index (χ1v) is 4.07. The van der Waals surface area contributed by atoms with Crippen molar-refractivity contribution in [2.45, 2.75) is 0 Å². The highest BCUT2D eigenvalue weighted by molar-refractivity contribution is 6.29. The molecule has 0 radical (unpaired) electrons. The van der Waals surface area contributed by atoms with E-state index in [0.717, 1.165) is 0 Å². The van der Waals surface area contributed by atoms with Crippen LogP contribution in [0.15, 0.2) is 23.2 Å². The van der Waals surface area contributed by atoms with E-state index >= 15 is 0 Å². The molecular formula is C8H14Cl2N+. The number of hydrogen-bond donors (Lipinski definition) is 0. The van der Waals surface area contributed by atoms with Crippen LogP contribution in [0.4, 0.5) is 0 Å². The van der Waals surface area contributed by atoms with Crippen molar-refractivity contribution in [3.8, 4) is 0 Å². The van der Waals surface area contributed by atoms with E-state index in [1.54, 1.807) is 0 Å². The molecule has 0 amide bonds. The minimum Gasteiger partial charge on any atom is -0.320 e. The molecular weight excluding hydrogens is 181 g/mol. The van der Waals surface area contributed by atoms with Crippen LogP contribution < -0.4 is 0 Å². The third-order valence-corrected chi connectivity index (χ3v) is 1.44. The zero-order valence-corrected chi connectivity index (χ0v) is 8.54. The molecule has 0 aromatic heterocycles. The average Bonchev–Trinajstić information content (AvgIpc) is 1.53. The summed E-state index contributed by atoms with van der Waals surface area (Å²) in [5, 5.41) is 1.29. The van der Waals surface area contributed by atoms with E-state index in [1.165, 1.54) is 0 Å². The van der Waals surface area contributed by atoms with Crippen molar-refractivity contribution in [3.05, 3.63) is 23.2 Å². The van der Waals surface area contributed by atoms with Crippen molar-refractivity contribution in [1.29, 1.82) is 0 Å². The van der Waals surface area contributed by atoms with Gasteiger partial charge >= 0.3 is 0 Å². The summed E-state index contributed by atoms with van der Waals surface area (Å²) in [5.41, 5.74) is 0. The van der Waals surface area contributed by atoms with Gasteiger partial charge in [0, 0.05) is 0 Å². The molecule has 0 saturated carbocycles. The van der Waals surface area contributed by atoms with Crippen molar-refractivity contribution in [2.75, 3.05) is 27.2 Å². The number of quaternary nitrogens is 1. The highest BCUT2D eigenvalue weighted by Gasteiger charge is 2.15. The summed E-state index contributed by atoms with van der Waals surface area (Å²) in [5.74, 6) is 0. The van der Waals surface area contributed by atoms with Crippen LogP contribution in [0.5, 0.6) is 0 Å². The molecule has 0 atom stereocenters. The second-order valence-electron chi connectivity index (χ2n) is 3.29. The van der Waals surface area contributed by atoms with Gasteiger partial charge in [-0.2, -0.15) is 0 Å². The summed E-state index contributed by atoms with van der Waals surface area (Å²) in [6, 6.07) is 0. The maximum absolute atomic E-state index is 5.66. The maximum Gasteiger partial charge on any atom is 0.114 e. The number of rotatable bonds is 4. The van der Waals surface area contributed by atoms with E-state index < -0.39 is 0 Å². The Bertz CT molecular complexity index is 155. The Labute approximate surface area is 78.5 Å². The fourth-order valence-corrected chi connectivity index (χ4v) is 1.63. The Hall–Kier alpha value is 0.0200. The van der Waals surface area contributed by atoms with Crippen molar-refractivity contribution in [3.63, 3.8) is 0 Å². The lowest BCUT2D eigenvalue weighted by molar-refractivity contribution is -0.879. The molecule has 0 aromatic carbocycles. The van der Waals surface area contributed by atoms with E-state index in [4.69, 9.17) is 23.2 Å². The van der Waals surface area contributed by atoms with Crippen LogP contribution in [0.3, 0.4) is 0 Å². The SMILES string of the molecule is C=C(Cl)C[N+](C)(C)CC(=C)Cl. The Kier molecular flexibility index (Phi) is 4.16. The van der Waals surface area contributed by atoms with Gasteiger partial charge in [-0.3, -0.25) is 0 Å². The van der Waals surface area contributed by atoms with Gasteiger partial charge < -0.3 is 4.48 Å². The van der Waals surface area contributed by atoms with E-state index in [1.807, 2.05) is 14.1 Å². The first kappa shape index (κ1) is 11.0. The summed E-state index contributed by atoms with van der Waals surface area (Å²) >= 11 is 11.3. The van der Waals surface area contributed by atoms with E-state index in [9.17, 15) is 0 Å². The third-order valence-electron chi connectivity index (χ3n) is 1.20. The lowest BCUT2D eigenvalue weighted by atomic mass is 10.4. The predicted molar refractivity (Wildman–Crippen MR) is 51.8 cm³/mol. The molecule has 0 N–H and O–H groups in total. The molecule has 3 heteroatoms. The second-order valence-corrected chi connectivity index (χ2v) is 4.36. The quantitative estimate of drug-likeness (QED) is 0.605. The Balaban J connectivity index is 3.99. The van der Waals surface area contributed by atoms with Gasteiger partial charge in [0.25, 0.3) is 0 Å². The summed E-state index contributed by atoms with van der Waals surface area (Å²) < 4.78 is 0.699. The average molecular weight is 195 g/mol. The van der Waals surface area contributed by atoms with Crippen molar-refractivity contribution in [1.82, 2.24) is 0 Å². The van der Waals surface area contributed by atoms with Gasteiger partial charge in [-0.05, 0) is 0 Å². The van der Waals surface area contributed by atoms with Gasteiger partial charge in [-0.1, -0.05) is 36.4 Å². The summed E-state index contributed by atoms with van der Waals surface area (Å²) in [4.78, 5) is 0. The highest BCUT2D eigenvalue weighted by Crippen LogP contribution is 2.10. The molecule has 0 aliphatic rings. The van der Waals surface area contributed by atoms with Crippen LogP contribution in [0.2, 0.25) is 0 Å². The van der Waals surface area contributed by atoms with Crippen LogP contribution in [0.1, 0.15) is 0 Å². The van der Waals surface area contributed by atoms with Crippen LogP contribution in [-0.2, 0) is 0 Å². The Morgan fingerprint density at radius 3 is 1.55 bits per heavy atom. The highest BCUT2D eigenvalue weighted by atomic mass is 35.5. The minimum atomic E-state index is 0.646. The van der Waals surface area contributed by atoms with Gasteiger partial charge in [0.15, 0.2) is 0 Å². The maximum atomic E-state index is 5.66. The molecule has 0 spiro atoms. The van der Waals surface area contributed by atoms with Crippen LogP contribution in [0.25, 0.3) is 0 Å². The summed E-state index contributed by atoms with van der Waals surface area (Å²) in [6.07, 6.45) is 0. The van der Waals surface area contributed by atoms with Crippen LogP contribution in [-0.4, -0.2) is 31.7 Å². The van der Waals surface area contributed by atoms with E-state index in [-0.39, 0.29) is 0 Å². The predicted octanol–water partition coefficient (Wildman–Crippen LogP) is 2.57. The van der Waals surface area contributed by atoms with E-state index in [2.05, 4.69) is 13.2 Å². The Morgan fingerprint density at radius 2 is 1.36 bits per heavy atom. The normalized spacial score (nSPS) is 11.3. The zero-order valence-electron chi connectivity index (χ0n) is 7.03. The number of hydrogen-bond acceptors (Lipinski definition) is 0.